The molecule has 1 rings (SSSR count). The van der Waals surface area contributed by atoms with Crippen molar-refractivity contribution in [2.75, 3.05) is 18.8 Å². The molecule has 0 aromatic rings. The topological polar surface area (TPSA) is 3.24 Å². The molecule has 1 unspecified atom stereocenters. The first-order valence-electron chi connectivity index (χ1n) is 4.90. The lowest BCUT2D eigenvalue weighted by Gasteiger charge is -2.40. The van der Waals surface area contributed by atoms with Gasteiger partial charge in [0.05, 0.1) is 0 Å². The van der Waals surface area contributed by atoms with Crippen molar-refractivity contribution < 1.29 is 0 Å². The SMILES string of the molecule is CC(CS)N1CCCC(C)(C)C1. The van der Waals surface area contributed by atoms with E-state index in [2.05, 4.69) is 38.3 Å². The molecule has 1 fully saturated rings. The Morgan fingerprint density at radius 3 is 2.67 bits per heavy atom. The molecule has 1 heterocycles. The molecule has 0 amide bonds. The number of hydrogen-bond acceptors (Lipinski definition) is 2. The molecule has 0 aromatic heterocycles. The summed E-state index contributed by atoms with van der Waals surface area (Å²) in [7, 11) is 0. The van der Waals surface area contributed by atoms with Crippen LogP contribution in [0.2, 0.25) is 0 Å². The highest BCUT2D eigenvalue weighted by atomic mass is 32.1. The molecule has 1 aliphatic heterocycles. The molecule has 0 aromatic carbocycles. The molecule has 72 valence electrons. The van der Waals surface area contributed by atoms with Crippen LogP contribution in [0, 0.1) is 5.41 Å². The van der Waals surface area contributed by atoms with Gasteiger partial charge in [0.2, 0.25) is 0 Å². The fourth-order valence-electron chi connectivity index (χ4n) is 1.96. The predicted molar refractivity (Wildman–Crippen MR) is 57.9 cm³/mol. The molecule has 0 radical (unpaired) electrons. The average Bonchev–Trinajstić information content (AvgIpc) is 2.01. The summed E-state index contributed by atoms with van der Waals surface area (Å²) in [6.45, 7) is 9.52. The first-order valence-corrected chi connectivity index (χ1v) is 5.53. The maximum atomic E-state index is 4.34. The standard InChI is InChI=1S/C10H21NS/c1-9(7-12)11-6-4-5-10(2,3)8-11/h9,12H,4-8H2,1-3H3. The van der Waals surface area contributed by atoms with Crippen molar-refractivity contribution in [1.29, 1.82) is 0 Å². The van der Waals surface area contributed by atoms with E-state index in [4.69, 9.17) is 0 Å². The van der Waals surface area contributed by atoms with Crippen molar-refractivity contribution in [3.8, 4) is 0 Å². The van der Waals surface area contributed by atoms with Crippen LogP contribution in [0.3, 0.4) is 0 Å². The van der Waals surface area contributed by atoms with Crippen LogP contribution in [-0.4, -0.2) is 29.8 Å². The third kappa shape index (κ3) is 2.67. The van der Waals surface area contributed by atoms with Crippen LogP contribution in [0.15, 0.2) is 0 Å². The van der Waals surface area contributed by atoms with Crippen molar-refractivity contribution in [2.24, 2.45) is 5.41 Å². The van der Waals surface area contributed by atoms with Crippen molar-refractivity contribution >= 4 is 12.6 Å². The Bertz CT molecular complexity index is 145. The second-order valence-electron chi connectivity index (χ2n) is 4.77. The lowest BCUT2D eigenvalue weighted by Crippen LogP contribution is -2.45. The van der Waals surface area contributed by atoms with Gasteiger partial charge in [-0.05, 0) is 31.7 Å². The van der Waals surface area contributed by atoms with Crippen LogP contribution in [0.25, 0.3) is 0 Å². The van der Waals surface area contributed by atoms with Crippen LogP contribution in [0.4, 0.5) is 0 Å². The molecule has 0 saturated carbocycles. The van der Waals surface area contributed by atoms with E-state index in [1.807, 2.05) is 0 Å². The number of hydrogen-bond donors (Lipinski definition) is 1. The monoisotopic (exact) mass is 187 g/mol. The molecular formula is C10H21NS. The second-order valence-corrected chi connectivity index (χ2v) is 5.13. The second kappa shape index (κ2) is 4.01. The highest BCUT2D eigenvalue weighted by Crippen LogP contribution is 2.29. The highest BCUT2D eigenvalue weighted by Gasteiger charge is 2.28. The van der Waals surface area contributed by atoms with Crippen molar-refractivity contribution in [1.82, 2.24) is 4.90 Å². The predicted octanol–water partition coefficient (Wildman–Crippen LogP) is 2.43. The molecule has 0 aliphatic carbocycles. The average molecular weight is 187 g/mol. The lowest BCUT2D eigenvalue weighted by atomic mass is 9.84. The van der Waals surface area contributed by atoms with Crippen LogP contribution in [-0.2, 0) is 0 Å². The van der Waals surface area contributed by atoms with Crippen LogP contribution in [0.1, 0.15) is 33.6 Å². The number of thiol groups is 1. The quantitative estimate of drug-likeness (QED) is 0.650. The number of likely N-dealkylation sites (tertiary alicyclic amines) is 1. The Morgan fingerprint density at radius 1 is 1.50 bits per heavy atom. The summed E-state index contributed by atoms with van der Waals surface area (Å²) in [6.07, 6.45) is 2.73. The van der Waals surface area contributed by atoms with E-state index in [1.54, 1.807) is 0 Å². The molecule has 1 aliphatic rings. The minimum absolute atomic E-state index is 0.523. The van der Waals surface area contributed by atoms with Crippen molar-refractivity contribution in [3.63, 3.8) is 0 Å². The molecule has 12 heavy (non-hydrogen) atoms. The zero-order chi connectivity index (χ0) is 9.19. The first kappa shape index (κ1) is 10.4. The normalized spacial score (nSPS) is 27.0. The summed E-state index contributed by atoms with van der Waals surface area (Å²) >= 11 is 4.34. The van der Waals surface area contributed by atoms with Gasteiger partial charge in [-0.1, -0.05) is 13.8 Å². The molecule has 1 atom stereocenters. The van der Waals surface area contributed by atoms with Gasteiger partial charge in [0.1, 0.15) is 0 Å². The zero-order valence-electron chi connectivity index (χ0n) is 8.51. The summed E-state index contributed by atoms with van der Waals surface area (Å²) < 4.78 is 0. The lowest BCUT2D eigenvalue weighted by molar-refractivity contribution is 0.0930. The Labute approximate surface area is 81.9 Å². The van der Waals surface area contributed by atoms with Gasteiger partial charge in [0.15, 0.2) is 0 Å². The van der Waals surface area contributed by atoms with Crippen LogP contribution >= 0.6 is 12.6 Å². The molecule has 0 bridgehead atoms. The fraction of sp³-hybridized carbons (Fsp3) is 1.00. The van der Waals surface area contributed by atoms with Gasteiger partial charge >= 0.3 is 0 Å². The molecule has 0 spiro atoms. The fourth-order valence-corrected chi connectivity index (χ4v) is 2.19. The number of nitrogens with zero attached hydrogens (tertiary/aromatic N) is 1. The smallest absolute Gasteiger partial charge is 0.0155 e. The molecule has 0 N–H and O–H groups in total. The van der Waals surface area contributed by atoms with Gasteiger partial charge in [0, 0.05) is 18.3 Å². The van der Waals surface area contributed by atoms with E-state index in [0.717, 1.165) is 5.75 Å². The van der Waals surface area contributed by atoms with Crippen molar-refractivity contribution in [2.45, 2.75) is 39.7 Å². The van der Waals surface area contributed by atoms with Gasteiger partial charge in [-0.3, -0.25) is 4.90 Å². The summed E-state index contributed by atoms with van der Waals surface area (Å²) in [4.78, 5) is 2.57. The van der Waals surface area contributed by atoms with E-state index >= 15 is 0 Å². The Morgan fingerprint density at radius 2 is 2.17 bits per heavy atom. The summed E-state index contributed by atoms with van der Waals surface area (Å²) in [5, 5.41) is 0. The summed E-state index contributed by atoms with van der Waals surface area (Å²) in [5.41, 5.74) is 0.523. The van der Waals surface area contributed by atoms with Gasteiger partial charge in [-0.25, -0.2) is 0 Å². The Balaban J connectivity index is 2.46. The third-order valence-corrected chi connectivity index (χ3v) is 3.35. The zero-order valence-corrected chi connectivity index (χ0v) is 9.40. The van der Waals surface area contributed by atoms with Gasteiger partial charge in [-0.15, -0.1) is 0 Å². The van der Waals surface area contributed by atoms with E-state index in [1.165, 1.54) is 25.9 Å². The van der Waals surface area contributed by atoms with Crippen molar-refractivity contribution in [3.05, 3.63) is 0 Å². The van der Waals surface area contributed by atoms with E-state index in [0.29, 0.717) is 11.5 Å². The Kier molecular flexibility index (Phi) is 3.47. The molecular weight excluding hydrogens is 166 g/mol. The van der Waals surface area contributed by atoms with E-state index in [-0.39, 0.29) is 0 Å². The van der Waals surface area contributed by atoms with E-state index < -0.39 is 0 Å². The van der Waals surface area contributed by atoms with Gasteiger partial charge < -0.3 is 0 Å². The maximum Gasteiger partial charge on any atom is 0.0155 e. The largest absolute Gasteiger partial charge is 0.299 e. The number of rotatable bonds is 2. The van der Waals surface area contributed by atoms with Gasteiger partial charge in [-0.2, -0.15) is 12.6 Å². The van der Waals surface area contributed by atoms with Crippen LogP contribution < -0.4 is 0 Å². The Hall–Kier alpha value is 0.310. The number of piperidine rings is 1. The van der Waals surface area contributed by atoms with Crippen LogP contribution in [0.5, 0.6) is 0 Å². The summed E-state index contributed by atoms with van der Waals surface area (Å²) in [5.74, 6) is 0.982. The third-order valence-electron chi connectivity index (χ3n) is 2.82. The molecule has 1 saturated heterocycles. The van der Waals surface area contributed by atoms with E-state index in [9.17, 15) is 0 Å². The molecule has 2 heteroatoms. The first-order chi connectivity index (χ1) is 5.55. The maximum absolute atomic E-state index is 4.34. The molecule has 1 nitrogen and oxygen atoms in total. The minimum atomic E-state index is 0.523. The summed E-state index contributed by atoms with van der Waals surface area (Å²) in [6, 6.07) is 0.646. The highest BCUT2D eigenvalue weighted by molar-refractivity contribution is 7.80. The van der Waals surface area contributed by atoms with Gasteiger partial charge in [0.25, 0.3) is 0 Å². The minimum Gasteiger partial charge on any atom is -0.299 e.